The first-order valence-electron chi connectivity index (χ1n) is 4.11. The van der Waals surface area contributed by atoms with Gasteiger partial charge in [-0.1, -0.05) is 5.16 Å². The van der Waals surface area contributed by atoms with E-state index >= 15 is 0 Å². The van der Waals surface area contributed by atoms with Crippen LogP contribution in [0.2, 0.25) is 0 Å². The SMILES string of the molecule is c1cc2c([nH]1)C1=NONC1CC2. The summed E-state index contributed by atoms with van der Waals surface area (Å²) in [5, 5.41) is 3.95. The summed E-state index contributed by atoms with van der Waals surface area (Å²) in [6.45, 7) is 0. The molecule has 1 aromatic heterocycles. The van der Waals surface area contributed by atoms with Crippen LogP contribution in [0.15, 0.2) is 17.4 Å². The molecule has 2 heterocycles. The van der Waals surface area contributed by atoms with Gasteiger partial charge in [-0.15, -0.1) is 5.48 Å². The van der Waals surface area contributed by atoms with Crippen LogP contribution in [0.1, 0.15) is 17.7 Å². The van der Waals surface area contributed by atoms with Gasteiger partial charge >= 0.3 is 0 Å². The Bertz CT molecular complexity index is 342. The second kappa shape index (κ2) is 2.10. The van der Waals surface area contributed by atoms with E-state index in [-0.39, 0.29) is 6.04 Å². The molecule has 62 valence electrons. The number of hydrogen-bond donors (Lipinski definition) is 2. The Hall–Kier alpha value is -1.29. The maximum atomic E-state index is 4.84. The van der Waals surface area contributed by atoms with Crippen LogP contribution in [0.25, 0.3) is 0 Å². The fraction of sp³-hybridized carbons (Fsp3) is 0.375. The number of nitrogens with zero attached hydrogens (tertiary/aromatic N) is 1. The van der Waals surface area contributed by atoms with Gasteiger partial charge in [0.25, 0.3) is 0 Å². The molecule has 12 heavy (non-hydrogen) atoms. The number of nitrogens with one attached hydrogen (secondary N) is 2. The fourth-order valence-electron chi connectivity index (χ4n) is 1.82. The van der Waals surface area contributed by atoms with E-state index in [4.69, 9.17) is 4.94 Å². The number of aryl methyl sites for hydroxylation is 1. The van der Waals surface area contributed by atoms with E-state index in [1.807, 2.05) is 6.20 Å². The molecule has 1 unspecified atom stereocenters. The number of oxime groups is 1. The molecule has 0 saturated heterocycles. The molecule has 2 N–H and O–H groups in total. The van der Waals surface area contributed by atoms with Gasteiger partial charge in [-0.25, -0.2) is 0 Å². The van der Waals surface area contributed by atoms with Crippen LogP contribution in [0, 0.1) is 0 Å². The van der Waals surface area contributed by atoms with E-state index in [2.05, 4.69) is 21.7 Å². The largest absolute Gasteiger partial charge is 0.360 e. The lowest BCUT2D eigenvalue weighted by Crippen LogP contribution is -2.34. The Morgan fingerprint density at radius 3 is 3.58 bits per heavy atom. The Balaban J connectivity index is 2.15. The van der Waals surface area contributed by atoms with Crippen molar-refractivity contribution in [3.8, 4) is 0 Å². The molecule has 1 atom stereocenters. The highest BCUT2D eigenvalue weighted by Crippen LogP contribution is 2.23. The highest BCUT2D eigenvalue weighted by atomic mass is 16.8. The van der Waals surface area contributed by atoms with E-state index < -0.39 is 0 Å². The van der Waals surface area contributed by atoms with Gasteiger partial charge in [0.2, 0.25) is 0 Å². The van der Waals surface area contributed by atoms with Crippen molar-refractivity contribution in [2.45, 2.75) is 18.9 Å². The smallest absolute Gasteiger partial charge is 0.126 e. The summed E-state index contributed by atoms with van der Waals surface area (Å²) >= 11 is 0. The van der Waals surface area contributed by atoms with E-state index in [9.17, 15) is 0 Å². The minimum Gasteiger partial charge on any atom is -0.360 e. The van der Waals surface area contributed by atoms with Crippen molar-refractivity contribution >= 4 is 5.71 Å². The van der Waals surface area contributed by atoms with Crippen molar-refractivity contribution in [2.24, 2.45) is 5.16 Å². The summed E-state index contributed by atoms with van der Waals surface area (Å²) in [5.74, 6) is 0. The lowest BCUT2D eigenvalue weighted by molar-refractivity contribution is 0.0586. The molecule has 1 aliphatic carbocycles. The van der Waals surface area contributed by atoms with Gasteiger partial charge in [-0.05, 0) is 24.5 Å². The molecule has 0 bridgehead atoms. The number of aromatic amines is 1. The number of H-pyrrole nitrogens is 1. The quantitative estimate of drug-likeness (QED) is 0.587. The summed E-state index contributed by atoms with van der Waals surface area (Å²) in [5.41, 5.74) is 6.36. The lowest BCUT2D eigenvalue weighted by atomic mass is 9.92. The van der Waals surface area contributed by atoms with Gasteiger partial charge in [0.1, 0.15) is 5.71 Å². The summed E-state index contributed by atoms with van der Waals surface area (Å²) in [6, 6.07) is 2.39. The molecule has 3 rings (SSSR count). The Labute approximate surface area is 69.6 Å². The monoisotopic (exact) mass is 163 g/mol. The van der Waals surface area contributed by atoms with Crippen LogP contribution < -0.4 is 5.48 Å². The van der Waals surface area contributed by atoms with Crippen LogP contribution in [0.4, 0.5) is 0 Å². The second-order valence-electron chi connectivity index (χ2n) is 3.15. The molecule has 4 nitrogen and oxygen atoms in total. The summed E-state index contributed by atoms with van der Waals surface area (Å²) in [4.78, 5) is 8.01. The number of rotatable bonds is 0. The van der Waals surface area contributed by atoms with Gasteiger partial charge in [0, 0.05) is 6.20 Å². The van der Waals surface area contributed by atoms with E-state index in [1.54, 1.807) is 0 Å². The average Bonchev–Trinajstić information content (AvgIpc) is 2.71. The van der Waals surface area contributed by atoms with Gasteiger partial charge in [-0.3, -0.25) is 4.94 Å². The Morgan fingerprint density at radius 2 is 2.58 bits per heavy atom. The van der Waals surface area contributed by atoms with Crippen molar-refractivity contribution in [2.75, 3.05) is 0 Å². The maximum absolute atomic E-state index is 4.84. The normalized spacial score (nSPS) is 25.7. The highest BCUT2D eigenvalue weighted by Gasteiger charge is 2.30. The number of fused-ring (bicyclic) bond motifs is 3. The van der Waals surface area contributed by atoms with Crippen LogP contribution in [-0.4, -0.2) is 16.7 Å². The standard InChI is InChI=1S/C8H9N3O/c1-2-6-8(11-12-10-6)7-5(1)3-4-9-7/h3-4,6,9-10H,1-2H2. The van der Waals surface area contributed by atoms with Crippen molar-refractivity contribution in [3.05, 3.63) is 23.5 Å². The van der Waals surface area contributed by atoms with Crippen molar-refractivity contribution in [1.29, 1.82) is 0 Å². The molecular weight excluding hydrogens is 154 g/mol. The minimum absolute atomic E-state index is 0.288. The maximum Gasteiger partial charge on any atom is 0.126 e. The molecule has 0 aromatic carbocycles. The molecule has 0 amide bonds. The second-order valence-corrected chi connectivity index (χ2v) is 3.15. The summed E-state index contributed by atoms with van der Waals surface area (Å²) in [6.07, 6.45) is 4.12. The predicted octanol–water partition coefficient (Wildman–Crippen LogP) is 0.568. The summed E-state index contributed by atoms with van der Waals surface area (Å²) in [7, 11) is 0. The molecule has 0 saturated carbocycles. The van der Waals surface area contributed by atoms with Gasteiger partial charge < -0.3 is 4.98 Å². The zero-order chi connectivity index (χ0) is 7.97. The first-order chi connectivity index (χ1) is 5.95. The van der Waals surface area contributed by atoms with Crippen LogP contribution in [-0.2, 0) is 11.4 Å². The van der Waals surface area contributed by atoms with E-state index in [1.165, 1.54) is 5.56 Å². The molecule has 1 aromatic rings. The average molecular weight is 163 g/mol. The zero-order valence-electron chi connectivity index (χ0n) is 6.50. The Morgan fingerprint density at radius 1 is 1.58 bits per heavy atom. The van der Waals surface area contributed by atoms with Crippen molar-refractivity contribution in [1.82, 2.24) is 10.5 Å². The van der Waals surface area contributed by atoms with Gasteiger partial charge in [0.05, 0.1) is 11.7 Å². The third-order valence-corrected chi connectivity index (χ3v) is 2.46. The number of aromatic nitrogens is 1. The third-order valence-electron chi connectivity index (χ3n) is 2.46. The molecule has 1 aliphatic heterocycles. The summed E-state index contributed by atoms with van der Waals surface area (Å²) < 4.78 is 0. The van der Waals surface area contributed by atoms with Crippen LogP contribution in [0.5, 0.6) is 0 Å². The van der Waals surface area contributed by atoms with Crippen molar-refractivity contribution < 1.29 is 4.94 Å². The van der Waals surface area contributed by atoms with Gasteiger partial charge in [0.15, 0.2) is 0 Å². The third kappa shape index (κ3) is 0.674. The Kier molecular flexibility index (Phi) is 1.10. The molecule has 0 fully saturated rings. The zero-order valence-corrected chi connectivity index (χ0v) is 6.50. The fourth-order valence-corrected chi connectivity index (χ4v) is 1.82. The van der Waals surface area contributed by atoms with Crippen molar-refractivity contribution in [3.63, 3.8) is 0 Å². The first kappa shape index (κ1) is 6.25. The number of hydrogen-bond acceptors (Lipinski definition) is 3. The van der Waals surface area contributed by atoms with Crippen LogP contribution >= 0.6 is 0 Å². The number of hydroxylamine groups is 1. The lowest BCUT2D eigenvalue weighted by Gasteiger charge is -2.16. The topological polar surface area (TPSA) is 49.4 Å². The van der Waals surface area contributed by atoms with E-state index in [0.29, 0.717) is 0 Å². The minimum atomic E-state index is 0.288. The molecular formula is C8H9N3O. The van der Waals surface area contributed by atoms with Gasteiger partial charge in [-0.2, -0.15) is 0 Å². The van der Waals surface area contributed by atoms with Crippen LogP contribution in [0.3, 0.4) is 0 Å². The van der Waals surface area contributed by atoms with E-state index in [0.717, 1.165) is 24.2 Å². The highest BCUT2D eigenvalue weighted by molar-refractivity contribution is 6.05. The predicted molar refractivity (Wildman–Crippen MR) is 43.7 cm³/mol. The molecule has 0 spiro atoms. The molecule has 4 heteroatoms. The molecule has 2 aliphatic rings. The first-order valence-corrected chi connectivity index (χ1v) is 4.11. The molecule has 0 radical (unpaired) electrons.